The molecule has 2 atom stereocenters. The molecule has 2 aliphatic rings. The fourth-order valence-electron chi connectivity index (χ4n) is 5.29. The maximum Gasteiger partial charge on any atom is 0.255 e. The first kappa shape index (κ1) is 19.6. The zero-order valence-corrected chi connectivity index (χ0v) is 18.2. The van der Waals surface area contributed by atoms with Gasteiger partial charge < -0.3 is 19.9 Å². The smallest absolute Gasteiger partial charge is 0.255 e. The van der Waals surface area contributed by atoms with Crippen LogP contribution in [0.3, 0.4) is 0 Å². The summed E-state index contributed by atoms with van der Waals surface area (Å²) in [6.07, 6.45) is 0.466. The van der Waals surface area contributed by atoms with Gasteiger partial charge in [-0.15, -0.1) is 0 Å². The summed E-state index contributed by atoms with van der Waals surface area (Å²) in [6, 6.07) is 22.5. The Balaban J connectivity index is 1.40. The highest BCUT2D eigenvalue weighted by molar-refractivity contribution is 6.03. The first-order chi connectivity index (χ1) is 16.2. The van der Waals surface area contributed by atoms with Crippen LogP contribution < -0.4 is 10.1 Å². The molecule has 0 radical (unpaired) electrons. The fraction of sp³-hybridized carbons (Fsp3) is 0.185. The molecule has 3 heterocycles. The summed E-state index contributed by atoms with van der Waals surface area (Å²) in [5.74, 6) is 0.461. The number of nitrogens with zero attached hydrogens (tertiary/aromatic N) is 1. The minimum Gasteiger partial charge on any atom is -0.496 e. The lowest BCUT2D eigenvalue weighted by Gasteiger charge is -2.37. The second kappa shape index (κ2) is 7.52. The van der Waals surface area contributed by atoms with Gasteiger partial charge in [0.2, 0.25) is 5.91 Å². The van der Waals surface area contributed by atoms with Crippen LogP contribution in [-0.2, 0) is 17.8 Å². The predicted octanol–water partition coefficient (Wildman–Crippen LogP) is 3.96. The average Bonchev–Trinajstić information content (AvgIpc) is 3.38. The fourth-order valence-corrected chi connectivity index (χ4v) is 5.29. The van der Waals surface area contributed by atoms with E-state index in [9.17, 15) is 9.59 Å². The maximum absolute atomic E-state index is 13.5. The molecular weight excluding hydrogens is 414 g/mol. The number of benzene rings is 3. The number of H-pyrrole nitrogens is 1. The van der Waals surface area contributed by atoms with Crippen LogP contribution in [0.1, 0.15) is 38.8 Å². The molecule has 6 nitrogen and oxygen atoms in total. The largest absolute Gasteiger partial charge is 0.496 e. The Hall–Kier alpha value is -4.06. The minimum absolute atomic E-state index is 0.0997. The van der Waals surface area contributed by atoms with Crippen molar-refractivity contribution in [3.63, 3.8) is 0 Å². The first-order valence-electron chi connectivity index (χ1n) is 11.1. The number of hydrogen-bond donors (Lipinski definition) is 2. The van der Waals surface area contributed by atoms with E-state index >= 15 is 0 Å². The third-order valence-electron chi connectivity index (χ3n) is 6.80. The van der Waals surface area contributed by atoms with E-state index in [0.29, 0.717) is 18.5 Å². The molecular formula is C27H23N3O3. The van der Waals surface area contributed by atoms with E-state index in [0.717, 1.165) is 39.0 Å². The van der Waals surface area contributed by atoms with Gasteiger partial charge in [0.1, 0.15) is 11.8 Å². The molecule has 0 saturated carbocycles. The van der Waals surface area contributed by atoms with Crippen molar-refractivity contribution >= 4 is 22.7 Å². The normalized spacial score (nSPS) is 18.6. The lowest BCUT2D eigenvalue weighted by atomic mass is 9.90. The highest BCUT2D eigenvalue weighted by Crippen LogP contribution is 2.46. The van der Waals surface area contributed by atoms with Crippen LogP contribution >= 0.6 is 0 Å². The van der Waals surface area contributed by atoms with Crippen molar-refractivity contribution in [2.45, 2.75) is 25.0 Å². The molecule has 0 spiro atoms. The molecule has 0 bridgehead atoms. The second-order valence-corrected chi connectivity index (χ2v) is 8.51. The Labute approximate surface area is 191 Å². The lowest BCUT2D eigenvalue weighted by Crippen LogP contribution is -2.52. The molecule has 6 rings (SSSR count). The summed E-state index contributed by atoms with van der Waals surface area (Å²) in [4.78, 5) is 32.3. The zero-order chi connectivity index (χ0) is 22.5. The number of aromatic amines is 1. The molecule has 33 heavy (non-hydrogen) atoms. The van der Waals surface area contributed by atoms with Gasteiger partial charge in [0.05, 0.1) is 13.2 Å². The van der Waals surface area contributed by atoms with E-state index < -0.39 is 6.04 Å². The highest BCUT2D eigenvalue weighted by Gasteiger charge is 2.48. The molecule has 2 N–H and O–H groups in total. The first-order valence-corrected chi connectivity index (χ1v) is 11.1. The Kier molecular flexibility index (Phi) is 4.47. The molecule has 3 aromatic carbocycles. The summed E-state index contributed by atoms with van der Waals surface area (Å²) < 4.78 is 5.42. The number of hydrogen-bond acceptors (Lipinski definition) is 3. The standard InChI is InChI=1S/C27H23N3O3/c1-33-23-13-7-2-8-16(23)15-28-26(31)22-14-20-17-9-5-6-12-21(17)29-24(20)25-18-10-3-4-11-19(18)27(32)30(22)25/h2-13,22,25,29H,14-15H2,1H3,(H,28,31)/t22-,25-/m0/s1. The molecule has 0 fully saturated rings. The monoisotopic (exact) mass is 437 g/mol. The van der Waals surface area contributed by atoms with Crippen molar-refractivity contribution in [1.29, 1.82) is 0 Å². The van der Waals surface area contributed by atoms with Gasteiger partial charge in [0.15, 0.2) is 0 Å². The SMILES string of the molecule is COc1ccccc1CNC(=O)[C@@H]1Cc2c([nH]c3ccccc23)[C@@H]2c3ccccc3C(=O)N21. The van der Waals surface area contributed by atoms with Gasteiger partial charge in [0.25, 0.3) is 5.91 Å². The number of amides is 2. The van der Waals surface area contributed by atoms with Crippen LogP contribution in [-0.4, -0.2) is 34.8 Å². The highest BCUT2D eigenvalue weighted by atomic mass is 16.5. The molecule has 2 amide bonds. The summed E-state index contributed by atoms with van der Waals surface area (Å²) in [5.41, 5.74) is 5.63. The average molecular weight is 437 g/mol. The minimum atomic E-state index is -0.601. The maximum atomic E-state index is 13.5. The topological polar surface area (TPSA) is 74.4 Å². The van der Waals surface area contributed by atoms with Crippen molar-refractivity contribution in [2.24, 2.45) is 0 Å². The number of carbonyl (C=O) groups excluding carboxylic acids is 2. The van der Waals surface area contributed by atoms with E-state index in [2.05, 4.69) is 16.4 Å². The Morgan fingerprint density at radius 2 is 1.82 bits per heavy atom. The van der Waals surface area contributed by atoms with E-state index in [4.69, 9.17) is 4.74 Å². The number of nitrogens with one attached hydrogen (secondary N) is 2. The molecule has 0 aliphatic carbocycles. The van der Waals surface area contributed by atoms with Gasteiger partial charge in [-0.3, -0.25) is 9.59 Å². The number of fused-ring (bicyclic) bond motifs is 7. The van der Waals surface area contributed by atoms with Crippen LogP contribution in [0.25, 0.3) is 10.9 Å². The third-order valence-corrected chi connectivity index (χ3v) is 6.80. The Morgan fingerprint density at radius 1 is 1.06 bits per heavy atom. The Bertz CT molecular complexity index is 1410. The number of rotatable bonds is 4. The number of carbonyl (C=O) groups is 2. The molecule has 1 aromatic heterocycles. The van der Waals surface area contributed by atoms with Crippen molar-refractivity contribution in [3.8, 4) is 5.75 Å². The van der Waals surface area contributed by atoms with E-state index in [-0.39, 0.29) is 17.9 Å². The molecule has 4 aromatic rings. The van der Waals surface area contributed by atoms with Gasteiger partial charge in [-0.1, -0.05) is 54.6 Å². The molecule has 0 saturated heterocycles. The van der Waals surface area contributed by atoms with Gasteiger partial charge in [-0.25, -0.2) is 0 Å². The van der Waals surface area contributed by atoms with Crippen molar-refractivity contribution in [2.75, 3.05) is 7.11 Å². The number of methoxy groups -OCH3 is 1. The summed E-state index contributed by atoms with van der Waals surface area (Å²) in [6.45, 7) is 0.333. The number of aromatic nitrogens is 1. The van der Waals surface area contributed by atoms with E-state index in [1.54, 1.807) is 12.0 Å². The summed E-state index contributed by atoms with van der Waals surface area (Å²) in [5, 5.41) is 4.15. The predicted molar refractivity (Wildman–Crippen MR) is 125 cm³/mol. The molecule has 2 aliphatic heterocycles. The lowest BCUT2D eigenvalue weighted by molar-refractivity contribution is -0.126. The molecule has 0 unspecified atom stereocenters. The van der Waals surface area contributed by atoms with Gasteiger partial charge in [0, 0.05) is 40.7 Å². The van der Waals surface area contributed by atoms with Gasteiger partial charge >= 0.3 is 0 Å². The van der Waals surface area contributed by atoms with Crippen molar-refractivity contribution < 1.29 is 14.3 Å². The van der Waals surface area contributed by atoms with Crippen molar-refractivity contribution in [3.05, 3.63) is 101 Å². The molecule has 6 heteroatoms. The molecule has 164 valence electrons. The van der Waals surface area contributed by atoms with Crippen LogP contribution in [0.5, 0.6) is 5.75 Å². The quantitative estimate of drug-likeness (QED) is 0.508. The van der Waals surface area contributed by atoms with Gasteiger partial charge in [-0.05, 0) is 29.3 Å². The zero-order valence-electron chi connectivity index (χ0n) is 18.2. The van der Waals surface area contributed by atoms with Crippen LogP contribution in [0.15, 0.2) is 72.8 Å². The van der Waals surface area contributed by atoms with Crippen LogP contribution in [0.4, 0.5) is 0 Å². The Morgan fingerprint density at radius 3 is 2.70 bits per heavy atom. The third kappa shape index (κ3) is 2.94. The van der Waals surface area contributed by atoms with Gasteiger partial charge in [-0.2, -0.15) is 0 Å². The van der Waals surface area contributed by atoms with Crippen molar-refractivity contribution in [1.82, 2.24) is 15.2 Å². The van der Waals surface area contributed by atoms with E-state index in [1.807, 2.05) is 66.7 Å². The summed E-state index contributed by atoms with van der Waals surface area (Å²) in [7, 11) is 1.62. The van der Waals surface area contributed by atoms with E-state index in [1.165, 1.54) is 0 Å². The number of ether oxygens (including phenoxy) is 1. The second-order valence-electron chi connectivity index (χ2n) is 8.51. The van der Waals surface area contributed by atoms with Crippen LogP contribution in [0.2, 0.25) is 0 Å². The summed E-state index contributed by atoms with van der Waals surface area (Å²) >= 11 is 0. The number of para-hydroxylation sites is 2. The van der Waals surface area contributed by atoms with Crippen LogP contribution in [0, 0.1) is 0 Å².